The fraction of sp³-hybridized carbons (Fsp3) is 0.0909. The first-order chi connectivity index (χ1) is 7.28. The highest BCUT2D eigenvalue weighted by atomic mass is 35.5. The molecule has 0 aliphatic carbocycles. The summed E-state index contributed by atoms with van der Waals surface area (Å²) in [6.07, 6.45) is 4.43. The monoisotopic (exact) mass is 220 g/mol. The molecule has 0 radical (unpaired) electrons. The lowest BCUT2D eigenvalue weighted by molar-refractivity contribution is 0.112. The Morgan fingerprint density at radius 1 is 1.40 bits per heavy atom. The van der Waals surface area contributed by atoms with Crippen molar-refractivity contribution in [3.05, 3.63) is 53.1 Å². The molecule has 2 aromatic heterocycles. The number of carbonyl (C=O) groups excluding carboxylic acids is 1. The van der Waals surface area contributed by atoms with Crippen LogP contribution in [0.4, 0.5) is 0 Å². The van der Waals surface area contributed by atoms with Gasteiger partial charge in [-0.15, -0.1) is 0 Å². The lowest BCUT2D eigenvalue weighted by atomic mass is 10.3. The molecule has 76 valence electrons. The zero-order valence-corrected chi connectivity index (χ0v) is 8.69. The van der Waals surface area contributed by atoms with Crippen molar-refractivity contribution in [1.29, 1.82) is 0 Å². The summed E-state index contributed by atoms with van der Waals surface area (Å²) in [5.74, 6) is 0. The molecule has 0 aromatic carbocycles. The van der Waals surface area contributed by atoms with Gasteiger partial charge in [-0.1, -0.05) is 17.7 Å². The maximum atomic E-state index is 10.5. The topological polar surface area (TPSA) is 34.9 Å². The SMILES string of the molecule is O=Cc1ccn(Cc2cccc(Cl)n2)c1. The molecule has 0 aliphatic rings. The van der Waals surface area contributed by atoms with E-state index < -0.39 is 0 Å². The van der Waals surface area contributed by atoms with E-state index in [2.05, 4.69) is 4.98 Å². The number of carbonyl (C=O) groups is 1. The minimum absolute atomic E-state index is 0.482. The van der Waals surface area contributed by atoms with Crippen LogP contribution in [0.2, 0.25) is 5.15 Å². The van der Waals surface area contributed by atoms with Crippen LogP contribution in [0, 0.1) is 0 Å². The maximum absolute atomic E-state index is 10.5. The van der Waals surface area contributed by atoms with Gasteiger partial charge in [0, 0.05) is 18.0 Å². The predicted molar refractivity (Wildman–Crippen MR) is 58.2 cm³/mol. The summed E-state index contributed by atoms with van der Waals surface area (Å²) >= 11 is 5.77. The molecular weight excluding hydrogens is 212 g/mol. The van der Waals surface area contributed by atoms with Gasteiger partial charge in [-0.3, -0.25) is 4.79 Å². The molecule has 2 heterocycles. The van der Waals surface area contributed by atoms with Crippen molar-refractivity contribution in [2.75, 3.05) is 0 Å². The molecule has 0 saturated carbocycles. The molecular formula is C11H9ClN2O. The van der Waals surface area contributed by atoms with Crippen molar-refractivity contribution in [2.45, 2.75) is 6.54 Å². The Labute approximate surface area is 92.3 Å². The number of hydrogen-bond acceptors (Lipinski definition) is 2. The highest BCUT2D eigenvalue weighted by molar-refractivity contribution is 6.29. The highest BCUT2D eigenvalue weighted by Crippen LogP contribution is 2.07. The van der Waals surface area contributed by atoms with Crippen molar-refractivity contribution < 1.29 is 4.79 Å². The van der Waals surface area contributed by atoms with E-state index in [9.17, 15) is 4.79 Å². The third-order valence-corrected chi connectivity index (χ3v) is 2.24. The van der Waals surface area contributed by atoms with Crippen LogP contribution in [0.15, 0.2) is 36.7 Å². The fourth-order valence-corrected chi connectivity index (χ4v) is 1.53. The highest BCUT2D eigenvalue weighted by Gasteiger charge is 1.98. The van der Waals surface area contributed by atoms with Crippen LogP contribution < -0.4 is 0 Å². The smallest absolute Gasteiger partial charge is 0.151 e. The van der Waals surface area contributed by atoms with E-state index in [-0.39, 0.29) is 0 Å². The fourth-order valence-electron chi connectivity index (χ4n) is 1.35. The molecule has 0 aliphatic heterocycles. The number of rotatable bonds is 3. The Balaban J connectivity index is 2.18. The molecule has 0 bridgehead atoms. The average Bonchev–Trinajstić information content (AvgIpc) is 2.65. The first-order valence-electron chi connectivity index (χ1n) is 4.50. The van der Waals surface area contributed by atoms with Crippen LogP contribution in [-0.2, 0) is 6.54 Å². The van der Waals surface area contributed by atoms with Gasteiger partial charge in [0.05, 0.1) is 12.2 Å². The van der Waals surface area contributed by atoms with Crippen molar-refractivity contribution in [3.63, 3.8) is 0 Å². The van der Waals surface area contributed by atoms with E-state index in [4.69, 9.17) is 11.6 Å². The molecule has 0 unspecified atom stereocenters. The van der Waals surface area contributed by atoms with Crippen LogP contribution in [0.1, 0.15) is 16.1 Å². The molecule has 2 aromatic rings. The summed E-state index contributed by atoms with van der Waals surface area (Å²) in [5.41, 5.74) is 1.53. The maximum Gasteiger partial charge on any atom is 0.151 e. The van der Waals surface area contributed by atoms with E-state index in [0.717, 1.165) is 12.0 Å². The van der Waals surface area contributed by atoms with Crippen molar-refractivity contribution in [2.24, 2.45) is 0 Å². The summed E-state index contributed by atoms with van der Waals surface area (Å²) < 4.78 is 1.89. The second-order valence-electron chi connectivity index (χ2n) is 3.19. The van der Waals surface area contributed by atoms with Crippen molar-refractivity contribution in [1.82, 2.24) is 9.55 Å². The zero-order chi connectivity index (χ0) is 10.7. The predicted octanol–water partition coefficient (Wildman–Crippen LogP) is 2.40. The van der Waals surface area contributed by atoms with Gasteiger partial charge in [-0.25, -0.2) is 4.98 Å². The van der Waals surface area contributed by atoms with Crippen LogP contribution in [0.25, 0.3) is 0 Å². The van der Waals surface area contributed by atoms with Crippen LogP contribution in [0.3, 0.4) is 0 Å². The molecule has 15 heavy (non-hydrogen) atoms. The summed E-state index contributed by atoms with van der Waals surface area (Å²) in [4.78, 5) is 14.6. The Hall–Kier alpha value is -1.61. The summed E-state index contributed by atoms with van der Waals surface area (Å²) in [6.45, 7) is 0.619. The van der Waals surface area contributed by atoms with Gasteiger partial charge in [0.25, 0.3) is 0 Å². The Morgan fingerprint density at radius 2 is 2.27 bits per heavy atom. The third-order valence-electron chi connectivity index (χ3n) is 2.03. The Kier molecular flexibility index (Phi) is 2.83. The number of halogens is 1. The van der Waals surface area contributed by atoms with Gasteiger partial charge < -0.3 is 4.57 Å². The minimum Gasteiger partial charge on any atom is -0.348 e. The van der Waals surface area contributed by atoms with Gasteiger partial charge in [0.15, 0.2) is 6.29 Å². The van der Waals surface area contributed by atoms with Gasteiger partial charge in [0.1, 0.15) is 5.15 Å². The first kappa shape index (κ1) is 9.93. The number of pyridine rings is 1. The normalized spacial score (nSPS) is 10.2. The second-order valence-corrected chi connectivity index (χ2v) is 3.57. The molecule has 0 spiro atoms. The van der Waals surface area contributed by atoms with Gasteiger partial charge in [-0.05, 0) is 18.2 Å². The number of aromatic nitrogens is 2. The van der Waals surface area contributed by atoms with Crippen LogP contribution >= 0.6 is 11.6 Å². The number of hydrogen-bond donors (Lipinski definition) is 0. The number of aldehydes is 1. The average molecular weight is 221 g/mol. The molecule has 0 saturated heterocycles. The van der Waals surface area contributed by atoms with E-state index >= 15 is 0 Å². The Bertz CT molecular complexity index is 479. The summed E-state index contributed by atoms with van der Waals surface area (Å²) in [7, 11) is 0. The summed E-state index contributed by atoms with van der Waals surface area (Å²) in [6, 6.07) is 7.25. The van der Waals surface area contributed by atoms with E-state index in [1.165, 1.54) is 0 Å². The molecule has 0 amide bonds. The lowest BCUT2D eigenvalue weighted by Crippen LogP contribution is -1.98. The quantitative estimate of drug-likeness (QED) is 0.588. The molecule has 2 rings (SSSR count). The lowest BCUT2D eigenvalue weighted by Gasteiger charge is -2.01. The third kappa shape index (κ3) is 2.44. The van der Waals surface area contributed by atoms with Crippen molar-refractivity contribution >= 4 is 17.9 Å². The van der Waals surface area contributed by atoms with E-state index in [1.54, 1.807) is 18.3 Å². The molecule has 3 nitrogen and oxygen atoms in total. The van der Waals surface area contributed by atoms with Gasteiger partial charge >= 0.3 is 0 Å². The molecule has 0 fully saturated rings. The van der Waals surface area contributed by atoms with Crippen LogP contribution in [0.5, 0.6) is 0 Å². The minimum atomic E-state index is 0.482. The van der Waals surface area contributed by atoms with Crippen LogP contribution in [-0.4, -0.2) is 15.8 Å². The largest absolute Gasteiger partial charge is 0.348 e. The summed E-state index contributed by atoms with van der Waals surface area (Å²) in [5, 5.41) is 0.482. The van der Waals surface area contributed by atoms with E-state index in [1.807, 2.05) is 22.9 Å². The van der Waals surface area contributed by atoms with Crippen molar-refractivity contribution in [3.8, 4) is 0 Å². The Morgan fingerprint density at radius 3 is 2.93 bits per heavy atom. The van der Waals surface area contributed by atoms with Gasteiger partial charge in [-0.2, -0.15) is 0 Å². The zero-order valence-electron chi connectivity index (χ0n) is 7.93. The standard InChI is InChI=1S/C11H9ClN2O/c12-11-3-1-2-10(13-11)7-14-5-4-9(6-14)8-15/h1-6,8H,7H2. The molecule has 0 N–H and O–H groups in total. The first-order valence-corrected chi connectivity index (χ1v) is 4.88. The number of nitrogens with zero attached hydrogens (tertiary/aromatic N) is 2. The van der Waals surface area contributed by atoms with Gasteiger partial charge in [0.2, 0.25) is 0 Å². The molecule has 4 heteroatoms. The second kappa shape index (κ2) is 4.28. The molecule has 0 atom stereocenters. The van der Waals surface area contributed by atoms with E-state index in [0.29, 0.717) is 17.3 Å².